The molecular weight excluding hydrogens is 300 g/mol. The number of allylic oxidation sites excluding steroid dienone is 1. The molecule has 0 fully saturated rings. The van der Waals surface area contributed by atoms with E-state index < -0.39 is 0 Å². The highest BCUT2D eigenvalue weighted by Gasteiger charge is 2.06. The van der Waals surface area contributed by atoms with Crippen LogP contribution in [0.5, 0.6) is 0 Å². The molecule has 2 aromatic carbocycles. The van der Waals surface area contributed by atoms with Crippen LogP contribution in [0.3, 0.4) is 0 Å². The van der Waals surface area contributed by atoms with Gasteiger partial charge in [-0.2, -0.15) is 10.3 Å². The summed E-state index contributed by atoms with van der Waals surface area (Å²) in [4.78, 5) is 15.9. The lowest BCUT2D eigenvalue weighted by molar-refractivity contribution is 0.104. The molecule has 2 rings (SSSR count). The molecule has 0 unspecified atom stereocenters. The Hall–Kier alpha value is -2.03. The predicted molar refractivity (Wildman–Crippen MR) is 91.6 cm³/mol. The standard InChI is InChI=1S/C16H12N2OS2/c1-20-16(18-11-17)21-10-9-15(19)14-8-4-6-12-5-2-3-7-13(12)14/h2-10H,1H3. The number of ketones is 1. The lowest BCUT2D eigenvalue weighted by Crippen LogP contribution is -1.95. The second kappa shape index (κ2) is 7.67. The van der Waals surface area contributed by atoms with E-state index in [1.807, 2.05) is 48.7 Å². The number of nitriles is 1. The topological polar surface area (TPSA) is 53.2 Å². The molecule has 0 spiro atoms. The number of carbonyl (C=O) groups is 1. The first-order valence-electron chi connectivity index (χ1n) is 6.12. The Kier molecular flexibility index (Phi) is 5.61. The number of thioether (sulfide) groups is 2. The van der Waals surface area contributed by atoms with Gasteiger partial charge in [-0.25, -0.2) is 0 Å². The minimum Gasteiger partial charge on any atom is -0.289 e. The third-order valence-electron chi connectivity index (χ3n) is 2.76. The average Bonchev–Trinajstić information content (AvgIpc) is 2.53. The largest absolute Gasteiger partial charge is 0.289 e. The summed E-state index contributed by atoms with van der Waals surface area (Å²) in [5.41, 5.74) is 0.674. The SMILES string of the molecule is CSC(=NC#N)SC=CC(=O)c1cccc2ccccc12. The first kappa shape index (κ1) is 15.4. The smallest absolute Gasteiger partial charge is 0.207 e. The number of hydrogen-bond acceptors (Lipinski definition) is 5. The van der Waals surface area contributed by atoms with Crippen LogP contribution in [-0.4, -0.2) is 16.4 Å². The normalized spacial score (nSPS) is 11.7. The number of benzene rings is 2. The molecule has 0 saturated carbocycles. The first-order valence-corrected chi connectivity index (χ1v) is 8.22. The van der Waals surface area contributed by atoms with E-state index in [-0.39, 0.29) is 5.78 Å². The van der Waals surface area contributed by atoms with E-state index in [0.29, 0.717) is 9.94 Å². The zero-order chi connectivity index (χ0) is 15.1. The number of rotatable bonds is 3. The summed E-state index contributed by atoms with van der Waals surface area (Å²) >= 11 is 2.64. The lowest BCUT2D eigenvalue weighted by atomic mass is 10.0. The third-order valence-corrected chi connectivity index (χ3v) is 4.55. The Balaban J connectivity index is 2.20. The van der Waals surface area contributed by atoms with E-state index in [2.05, 4.69) is 4.99 Å². The fraction of sp³-hybridized carbons (Fsp3) is 0.0625. The molecule has 0 N–H and O–H groups in total. The number of aliphatic imine (C=N–C) groups is 1. The average molecular weight is 312 g/mol. The third kappa shape index (κ3) is 3.97. The van der Waals surface area contributed by atoms with Crippen LogP contribution in [0.4, 0.5) is 0 Å². The maximum Gasteiger partial charge on any atom is 0.207 e. The van der Waals surface area contributed by atoms with Crippen LogP contribution < -0.4 is 0 Å². The van der Waals surface area contributed by atoms with Crippen molar-refractivity contribution in [2.45, 2.75) is 0 Å². The number of nitrogens with zero attached hydrogens (tertiary/aromatic N) is 2. The summed E-state index contributed by atoms with van der Waals surface area (Å²) in [7, 11) is 0. The van der Waals surface area contributed by atoms with Gasteiger partial charge in [0.1, 0.15) is 4.38 Å². The molecule has 0 bridgehead atoms. The van der Waals surface area contributed by atoms with Gasteiger partial charge < -0.3 is 0 Å². The highest BCUT2D eigenvalue weighted by Crippen LogP contribution is 2.20. The zero-order valence-corrected chi connectivity index (χ0v) is 12.9. The Morgan fingerprint density at radius 2 is 2.00 bits per heavy atom. The van der Waals surface area contributed by atoms with Crippen molar-refractivity contribution in [2.75, 3.05) is 6.26 Å². The molecule has 3 nitrogen and oxygen atoms in total. The summed E-state index contributed by atoms with van der Waals surface area (Å²) < 4.78 is 0.611. The van der Waals surface area contributed by atoms with Gasteiger partial charge in [-0.1, -0.05) is 54.2 Å². The lowest BCUT2D eigenvalue weighted by Gasteiger charge is -2.02. The fourth-order valence-electron chi connectivity index (χ4n) is 1.85. The monoisotopic (exact) mass is 312 g/mol. The molecular formula is C16H12N2OS2. The van der Waals surface area contributed by atoms with Gasteiger partial charge in [0.05, 0.1) is 0 Å². The van der Waals surface area contributed by atoms with E-state index in [0.717, 1.165) is 10.8 Å². The maximum absolute atomic E-state index is 12.3. The summed E-state index contributed by atoms with van der Waals surface area (Å²) in [5.74, 6) is -0.0586. The van der Waals surface area contributed by atoms with Crippen molar-refractivity contribution in [1.82, 2.24) is 0 Å². The second-order valence-corrected chi connectivity index (χ2v) is 5.94. The molecule has 104 valence electrons. The molecule has 0 atom stereocenters. The van der Waals surface area contributed by atoms with E-state index in [1.54, 1.807) is 11.6 Å². The van der Waals surface area contributed by atoms with Crippen LogP contribution in [0, 0.1) is 11.5 Å². The van der Waals surface area contributed by atoms with Crippen molar-refractivity contribution >= 4 is 44.5 Å². The highest BCUT2D eigenvalue weighted by molar-refractivity contribution is 8.39. The fourth-order valence-corrected chi connectivity index (χ4v) is 2.93. The van der Waals surface area contributed by atoms with E-state index in [9.17, 15) is 4.79 Å². The van der Waals surface area contributed by atoms with Crippen LogP contribution in [0.15, 0.2) is 58.9 Å². The van der Waals surface area contributed by atoms with Gasteiger partial charge in [-0.15, -0.1) is 11.8 Å². The van der Waals surface area contributed by atoms with Crippen LogP contribution in [0.1, 0.15) is 10.4 Å². The molecule has 21 heavy (non-hydrogen) atoms. The van der Waals surface area contributed by atoms with Crippen LogP contribution in [-0.2, 0) is 0 Å². The van der Waals surface area contributed by atoms with Crippen molar-refractivity contribution < 1.29 is 4.79 Å². The van der Waals surface area contributed by atoms with Gasteiger partial charge in [-0.3, -0.25) is 4.79 Å². The molecule has 0 amide bonds. The summed E-state index contributed by atoms with van der Waals surface area (Å²) in [6.07, 6.45) is 5.09. The highest BCUT2D eigenvalue weighted by atomic mass is 32.2. The van der Waals surface area contributed by atoms with Crippen molar-refractivity contribution in [2.24, 2.45) is 4.99 Å². The van der Waals surface area contributed by atoms with Gasteiger partial charge in [0.2, 0.25) is 6.19 Å². The Morgan fingerprint density at radius 1 is 1.24 bits per heavy atom. The second-order valence-electron chi connectivity index (χ2n) is 3.99. The van der Waals surface area contributed by atoms with Crippen molar-refractivity contribution in [3.05, 3.63) is 59.5 Å². The van der Waals surface area contributed by atoms with Gasteiger partial charge >= 0.3 is 0 Å². The van der Waals surface area contributed by atoms with Gasteiger partial charge in [0, 0.05) is 5.56 Å². The van der Waals surface area contributed by atoms with Gasteiger partial charge in [0.25, 0.3) is 0 Å². The Morgan fingerprint density at radius 3 is 2.76 bits per heavy atom. The number of carbonyl (C=O) groups excluding carboxylic acids is 1. The first-order chi connectivity index (χ1) is 10.3. The molecule has 0 heterocycles. The summed E-state index contributed by atoms with van der Waals surface area (Å²) in [5, 5.41) is 12.2. The van der Waals surface area contributed by atoms with Gasteiger partial charge in [-0.05, 0) is 28.5 Å². The van der Waals surface area contributed by atoms with Crippen LogP contribution in [0.2, 0.25) is 0 Å². The van der Waals surface area contributed by atoms with Crippen molar-refractivity contribution in [3.8, 4) is 6.19 Å². The molecule has 0 aromatic heterocycles. The van der Waals surface area contributed by atoms with Crippen LogP contribution >= 0.6 is 23.5 Å². The van der Waals surface area contributed by atoms with Crippen LogP contribution in [0.25, 0.3) is 10.8 Å². The molecule has 0 aliphatic heterocycles. The number of fused-ring (bicyclic) bond motifs is 1. The Labute approximate surface area is 131 Å². The van der Waals surface area contributed by atoms with E-state index in [1.165, 1.54) is 29.6 Å². The van der Waals surface area contributed by atoms with Crippen molar-refractivity contribution in [3.63, 3.8) is 0 Å². The molecule has 5 heteroatoms. The zero-order valence-electron chi connectivity index (χ0n) is 11.3. The minimum atomic E-state index is -0.0586. The molecule has 2 aromatic rings. The van der Waals surface area contributed by atoms with E-state index >= 15 is 0 Å². The summed E-state index contributed by atoms with van der Waals surface area (Å²) in [6, 6.07) is 13.5. The molecule has 0 aliphatic carbocycles. The molecule has 0 radical (unpaired) electrons. The van der Waals surface area contributed by atoms with E-state index in [4.69, 9.17) is 5.26 Å². The van der Waals surface area contributed by atoms with Gasteiger partial charge in [0.15, 0.2) is 5.78 Å². The molecule has 0 saturated heterocycles. The predicted octanol–water partition coefficient (Wildman–Crippen LogP) is 4.47. The quantitative estimate of drug-likeness (QED) is 0.276. The number of hydrogen-bond donors (Lipinski definition) is 0. The minimum absolute atomic E-state index is 0.0586. The molecule has 0 aliphatic rings. The van der Waals surface area contributed by atoms with Crippen molar-refractivity contribution in [1.29, 1.82) is 5.26 Å². The Bertz CT molecular complexity index is 755. The maximum atomic E-state index is 12.3. The summed E-state index contributed by atoms with van der Waals surface area (Å²) in [6.45, 7) is 0.